The molecule has 0 saturated carbocycles. The summed E-state index contributed by atoms with van der Waals surface area (Å²) in [4.78, 5) is 28.5. The minimum absolute atomic E-state index is 0.0326. The fourth-order valence-corrected chi connectivity index (χ4v) is 3.73. The van der Waals surface area contributed by atoms with Gasteiger partial charge in [-0.25, -0.2) is 0 Å². The lowest BCUT2D eigenvalue weighted by atomic mass is 10.0. The molecule has 0 aliphatic carbocycles. The highest BCUT2D eigenvalue weighted by Crippen LogP contribution is 2.35. The number of rotatable bonds is 3. The first-order valence-corrected chi connectivity index (χ1v) is 9.81. The molecule has 2 aromatic carbocycles. The van der Waals surface area contributed by atoms with Crippen LogP contribution < -0.4 is 5.56 Å². The molecule has 0 aliphatic heterocycles. The minimum atomic E-state index is -4.70. The van der Waals surface area contributed by atoms with Gasteiger partial charge in [0.25, 0.3) is 5.56 Å². The van der Waals surface area contributed by atoms with E-state index in [1.807, 2.05) is 0 Å². The van der Waals surface area contributed by atoms with Gasteiger partial charge in [-0.15, -0.1) is 0 Å². The first kappa shape index (κ1) is 20.9. The Bertz CT molecular complexity index is 1400. The Hall–Kier alpha value is -3.33. The summed E-state index contributed by atoms with van der Waals surface area (Å²) in [5.74, 6) is 0. The Morgan fingerprint density at radius 2 is 1.87 bits per heavy atom. The summed E-state index contributed by atoms with van der Waals surface area (Å²) in [5.41, 5.74) is -0.395. The predicted molar refractivity (Wildman–Crippen MR) is 113 cm³/mol. The smallest absolute Gasteiger partial charge is 0.298 e. The van der Waals surface area contributed by atoms with Crippen molar-refractivity contribution in [2.24, 2.45) is 0 Å². The van der Waals surface area contributed by atoms with Crippen LogP contribution in [0.3, 0.4) is 0 Å². The highest BCUT2D eigenvalue weighted by molar-refractivity contribution is 9.10. The van der Waals surface area contributed by atoms with Crippen LogP contribution in [0.1, 0.15) is 21.5 Å². The summed E-state index contributed by atoms with van der Waals surface area (Å²) in [6, 6.07) is 11.5. The summed E-state index contributed by atoms with van der Waals surface area (Å²) >= 11 is 3.16. The Balaban J connectivity index is 2.13. The van der Waals surface area contributed by atoms with Gasteiger partial charge in [0.05, 0.1) is 11.3 Å². The van der Waals surface area contributed by atoms with Gasteiger partial charge in [0.1, 0.15) is 17.5 Å². The van der Waals surface area contributed by atoms with E-state index in [2.05, 4.69) is 26.0 Å². The van der Waals surface area contributed by atoms with E-state index in [1.165, 1.54) is 18.3 Å². The molecule has 0 bridgehead atoms. The molecule has 0 unspecified atom stereocenters. The topological polar surface area (TPSA) is 64.8 Å². The highest BCUT2D eigenvalue weighted by Gasteiger charge is 2.35. The second-order valence-electron chi connectivity index (χ2n) is 6.87. The van der Waals surface area contributed by atoms with Crippen LogP contribution in [-0.2, 0) is 6.18 Å². The van der Waals surface area contributed by atoms with Gasteiger partial charge in [0.15, 0.2) is 0 Å². The van der Waals surface area contributed by atoms with Crippen molar-refractivity contribution in [3.63, 3.8) is 0 Å². The molecule has 0 atom stereocenters. The van der Waals surface area contributed by atoms with Crippen molar-refractivity contribution in [2.75, 3.05) is 0 Å². The van der Waals surface area contributed by atoms with Crippen molar-refractivity contribution in [3.8, 4) is 16.9 Å². The molecule has 0 fully saturated rings. The Kier molecular flexibility index (Phi) is 5.22. The average molecular weight is 488 g/mol. The third-order valence-corrected chi connectivity index (χ3v) is 5.15. The van der Waals surface area contributed by atoms with Gasteiger partial charge in [-0.3, -0.25) is 14.6 Å². The van der Waals surface area contributed by atoms with E-state index in [4.69, 9.17) is 0 Å². The molecular formula is C22H13BrF3N3O2. The molecule has 2 heterocycles. The van der Waals surface area contributed by atoms with Crippen LogP contribution in [0.5, 0.6) is 0 Å². The Morgan fingerprint density at radius 3 is 2.58 bits per heavy atom. The monoisotopic (exact) mass is 487 g/mol. The molecule has 9 heteroatoms. The van der Waals surface area contributed by atoms with Gasteiger partial charge in [-0.1, -0.05) is 15.9 Å². The van der Waals surface area contributed by atoms with E-state index in [9.17, 15) is 22.8 Å². The van der Waals surface area contributed by atoms with Gasteiger partial charge in [0.2, 0.25) is 0 Å². The second kappa shape index (κ2) is 7.73. The SMILES string of the molecule is Cc1cc(C=O)cc(-c2nn(-c3cc(Br)ccc3C(F)(F)F)c(=O)c3ncccc23)c1. The zero-order chi connectivity index (χ0) is 22.3. The second-order valence-corrected chi connectivity index (χ2v) is 7.79. The Labute approximate surface area is 182 Å². The van der Waals surface area contributed by atoms with Gasteiger partial charge >= 0.3 is 6.18 Å². The number of aromatic nitrogens is 3. The summed E-state index contributed by atoms with van der Waals surface area (Å²) in [6.07, 6.45) is -2.65. The normalized spacial score (nSPS) is 11.6. The van der Waals surface area contributed by atoms with E-state index in [0.717, 1.165) is 11.6 Å². The molecule has 4 aromatic rings. The lowest BCUT2D eigenvalue weighted by molar-refractivity contribution is -0.137. The molecule has 0 N–H and O–H groups in total. The van der Waals surface area contributed by atoms with Crippen molar-refractivity contribution in [1.82, 2.24) is 14.8 Å². The molecule has 0 saturated heterocycles. The van der Waals surface area contributed by atoms with E-state index in [1.54, 1.807) is 37.3 Å². The third kappa shape index (κ3) is 3.88. The van der Waals surface area contributed by atoms with E-state index < -0.39 is 23.0 Å². The average Bonchev–Trinajstić information content (AvgIpc) is 2.72. The summed E-state index contributed by atoms with van der Waals surface area (Å²) in [5, 5.41) is 4.67. The van der Waals surface area contributed by atoms with Crippen LogP contribution in [0, 0.1) is 6.92 Å². The van der Waals surface area contributed by atoms with Crippen molar-refractivity contribution in [1.29, 1.82) is 0 Å². The van der Waals surface area contributed by atoms with Gasteiger partial charge in [-0.2, -0.15) is 23.0 Å². The number of hydrogen-bond acceptors (Lipinski definition) is 4. The number of carbonyl (C=O) groups is 1. The maximum atomic E-state index is 13.7. The van der Waals surface area contributed by atoms with E-state index in [0.29, 0.717) is 32.0 Å². The first-order chi connectivity index (χ1) is 14.7. The number of nitrogens with zero attached hydrogens (tertiary/aromatic N) is 3. The van der Waals surface area contributed by atoms with Crippen molar-refractivity contribution in [3.05, 3.63) is 86.2 Å². The maximum Gasteiger partial charge on any atom is 0.418 e. The number of halogens is 4. The fourth-order valence-electron chi connectivity index (χ4n) is 3.38. The molecular weight excluding hydrogens is 475 g/mol. The lowest BCUT2D eigenvalue weighted by Crippen LogP contribution is -2.25. The highest BCUT2D eigenvalue weighted by atomic mass is 79.9. The fraction of sp³-hybridized carbons (Fsp3) is 0.0909. The lowest BCUT2D eigenvalue weighted by Gasteiger charge is -2.16. The molecule has 0 spiro atoms. The predicted octanol–water partition coefficient (Wildman–Crippen LogP) is 5.35. The zero-order valence-electron chi connectivity index (χ0n) is 15.9. The van der Waals surface area contributed by atoms with Crippen LogP contribution >= 0.6 is 15.9 Å². The molecule has 31 heavy (non-hydrogen) atoms. The molecule has 2 aromatic heterocycles. The minimum Gasteiger partial charge on any atom is -0.298 e. The van der Waals surface area contributed by atoms with Crippen LogP contribution in [0.15, 0.2) is 64.0 Å². The summed E-state index contributed by atoms with van der Waals surface area (Å²) in [7, 11) is 0. The molecule has 156 valence electrons. The molecule has 0 amide bonds. The molecule has 4 rings (SSSR count). The third-order valence-electron chi connectivity index (χ3n) is 4.66. The number of aldehydes is 1. The number of pyridine rings is 1. The standard InChI is InChI=1S/C22H13BrF3N3O2/c1-12-7-13(11-30)9-14(8-12)19-16-3-2-6-27-20(16)21(31)29(28-19)18-10-15(23)4-5-17(18)22(24,25)26/h2-11H,1H3. The number of alkyl halides is 3. The first-order valence-electron chi connectivity index (χ1n) is 9.01. The van der Waals surface area contributed by atoms with Gasteiger partial charge < -0.3 is 0 Å². The van der Waals surface area contributed by atoms with Crippen molar-refractivity contribution >= 4 is 33.1 Å². The molecule has 0 radical (unpaired) electrons. The molecule has 0 aliphatic rings. The van der Waals surface area contributed by atoms with Gasteiger partial charge in [-0.05, 0) is 61.0 Å². The van der Waals surface area contributed by atoms with Crippen LogP contribution in [0.25, 0.3) is 27.8 Å². The number of carbonyl (C=O) groups excluding carboxylic acids is 1. The quantitative estimate of drug-likeness (QED) is 0.365. The van der Waals surface area contributed by atoms with E-state index in [-0.39, 0.29) is 11.2 Å². The summed E-state index contributed by atoms with van der Waals surface area (Å²) in [6.45, 7) is 1.78. The van der Waals surface area contributed by atoms with Gasteiger partial charge in [0, 0.05) is 27.2 Å². The number of hydrogen-bond donors (Lipinski definition) is 0. The maximum absolute atomic E-state index is 13.7. The number of benzene rings is 2. The summed E-state index contributed by atoms with van der Waals surface area (Å²) < 4.78 is 42.1. The van der Waals surface area contributed by atoms with E-state index >= 15 is 0 Å². The van der Waals surface area contributed by atoms with Crippen molar-refractivity contribution < 1.29 is 18.0 Å². The Morgan fingerprint density at radius 1 is 1.10 bits per heavy atom. The molecule has 5 nitrogen and oxygen atoms in total. The van der Waals surface area contributed by atoms with Crippen LogP contribution in [-0.4, -0.2) is 21.1 Å². The zero-order valence-corrected chi connectivity index (χ0v) is 17.5. The van der Waals surface area contributed by atoms with Crippen molar-refractivity contribution in [2.45, 2.75) is 13.1 Å². The largest absolute Gasteiger partial charge is 0.418 e. The number of aryl methyl sites for hydroxylation is 1. The van der Waals surface area contributed by atoms with Crippen LogP contribution in [0.2, 0.25) is 0 Å². The number of fused-ring (bicyclic) bond motifs is 1. The van der Waals surface area contributed by atoms with Crippen LogP contribution in [0.4, 0.5) is 13.2 Å².